The van der Waals surface area contributed by atoms with Crippen LogP contribution in [-0.2, 0) is 17.5 Å². The van der Waals surface area contributed by atoms with Crippen LogP contribution in [0.25, 0.3) is 0 Å². The number of nitrogens with zero attached hydrogens (tertiary/aromatic N) is 1. The van der Waals surface area contributed by atoms with E-state index >= 15 is 0 Å². The first-order valence-electron chi connectivity index (χ1n) is 9.31. The molecule has 0 bridgehead atoms. The minimum absolute atomic E-state index is 0.0515. The van der Waals surface area contributed by atoms with Crippen LogP contribution in [0.1, 0.15) is 40.0 Å². The Morgan fingerprint density at radius 3 is 2.45 bits per heavy atom. The lowest BCUT2D eigenvalue weighted by Crippen LogP contribution is -2.38. The minimum Gasteiger partial charge on any atom is -0.379 e. The second kappa shape index (κ2) is 8.92. The first-order valence-corrected chi connectivity index (χ1v) is 9.31. The van der Waals surface area contributed by atoms with E-state index in [0.29, 0.717) is 44.5 Å². The largest absolute Gasteiger partial charge is 0.416 e. The Morgan fingerprint density at radius 2 is 1.79 bits per heavy atom. The van der Waals surface area contributed by atoms with Crippen LogP contribution in [0.15, 0.2) is 42.5 Å². The Balaban J connectivity index is 0.000000200. The van der Waals surface area contributed by atoms with Gasteiger partial charge >= 0.3 is 6.18 Å². The van der Waals surface area contributed by atoms with Crippen molar-refractivity contribution in [2.45, 2.75) is 25.7 Å². The second-order valence-electron chi connectivity index (χ2n) is 6.94. The van der Waals surface area contributed by atoms with Gasteiger partial charge < -0.3 is 10.1 Å². The summed E-state index contributed by atoms with van der Waals surface area (Å²) in [6.45, 7) is 4.84. The molecule has 1 atom stereocenters. The van der Waals surface area contributed by atoms with Gasteiger partial charge in [0.15, 0.2) is 0 Å². The molecule has 2 aliphatic heterocycles. The van der Waals surface area contributed by atoms with Gasteiger partial charge in [-0.25, -0.2) is 4.39 Å². The highest BCUT2D eigenvalue weighted by Crippen LogP contribution is 2.33. The predicted molar refractivity (Wildman–Crippen MR) is 99.8 cm³/mol. The lowest BCUT2D eigenvalue weighted by molar-refractivity contribution is -0.137. The Kier molecular flexibility index (Phi) is 6.54. The van der Waals surface area contributed by atoms with Gasteiger partial charge in [-0.1, -0.05) is 18.2 Å². The zero-order chi connectivity index (χ0) is 21.0. The van der Waals surface area contributed by atoms with Crippen molar-refractivity contribution in [3.8, 4) is 0 Å². The number of nitrogens with one attached hydrogen (secondary N) is 1. The van der Waals surface area contributed by atoms with E-state index in [1.165, 1.54) is 0 Å². The smallest absolute Gasteiger partial charge is 0.379 e. The van der Waals surface area contributed by atoms with Crippen LogP contribution in [0.4, 0.5) is 17.6 Å². The van der Waals surface area contributed by atoms with E-state index < -0.39 is 17.6 Å². The van der Waals surface area contributed by atoms with Crippen molar-refractivity contribution in [1.82, 2.24) is 10.2 Å². The molecule has 0 aliphatic carbocycles. The topological polar surface area (TPSA) is 41.6 Å². The van der Waals surface area contributed by atoms with Crippen LogP contribution in [0, 0.1) is 5.82 Å². The number of halogens is 4. The number of carbonyl (C=O) groups excluding carboxylic acids is 1. The van der Waals surface area contributed by atoms with Gasteiger partial charge in [0.05, 0.1) is 18.8 Å². The molecule has 0 radical (unpaired) electrons. The Bertz CT molecular complexity index is 864. The monoisotopic (exact) mass is 410 g/mol. The van der Waals surface area contributed by atoms with Crippen molar-refractivity contribution in [1.29, 1.82) is 0 Å². The van der Waals surface area contributed by atoms with Gasteiger partial charge in [-0.05, 0) is 42.3 Å². The molecule has 0 saturated carbocycles. The maximum Gasteiger partial charge on any atom is 0.416 e. The lowest BCUT2D eigenvalue weighted by atomic mass is 10.0. The van der Waals surface area contributed by atoms with Crippen LogP contribution in [0.5, 0.6) is 0 Å². The van der Waals surface area contributed by atoms with Gasteiger partial charge in [-0.2, -0.15) is 13.2 Å². The van der Waals surface area contributed by atoms with E-state index in [0.717, 1.165) is 23.3 Å². The number of benzene rings is 2. The summed E-state index contributed by atoms with van der Waals surface area (Å²) in [6.07, 6.45) is -4.53. The number of fused-ring (bicyclic) bond motifs is 1. The molecule has 4 nitrogen and oxygen atoms in total. The van der Waals surface area contributed by atoms with Crippen LogP contribution < -0.4 is 5.32 Å². The predicted octanol–water partition coefficient (Wildman–Crippen LogP) is 4.17. The van der Waals surface area contributed by atoms with Gasteiger partial charge in [-0.3, -0.25) is 9.69 Å². The van der Waals surface area contributed by atoms with Gasteiger partial charge in [0.25, 0.3) is 5.91 Å². The fourth-order valence-corrected chi connectivity index (χ4v) is 3.36. The third-order valence-corrected chi connectivity index (χ3v) is 5.02. The number of rotatable bonds is 2. The number of hydrogen-bond acceptors (Lipinski definition) is 3. The number of alkyl halides is 3. The number of morpholine rings is 1. The molecule has 1 saturated heterocycles. The zero-order valence-corrected chi connectivity index (χ0v) is 15.9. The summed E-state index contributed by atoms with van der Waals surface area (Å²) in [5.74, 6) is -0.805. The molecule has 29 heavy (non-hydrogen) atoms. The van der Waals surface area contributed by atoms with E-state index in [4.69, 9.17) is 4.74 Å². The van der Waals surface area contributed by atoms with Crippen molar-refractivity contribution in [3.63, 3.8) is 0 Å². The fraction of sp³-hybridized carbons (Fsp3) is 0.381. The average Bonchev–Trinajstić information content (AvgIpc) is 3.09. The van der Waals surface area contributed by atoms with Crippen molar-refractivity contribution in [2.75, 3.05) is 26.3 Å². The molecule has 1 N–H and O–H groups in total. The Hall–Kier alpha value is -2.45. The van der Waals surface area contributed by atoms with E-state index in [9.17, 15) is 22.4 Å². The maximum atomic E-state index is 13.3. The molecule has 0 aromatic heterocycles. The number of ether oxygens (including phenoxy) is 1. The van der Waals surface area contributed by atoms with Crippen LogP contribution >= 0.6 is 0 Å². The SMILES string of the molecule is CC(c1cc(F)cc(C(F)(F)F)c1)N1CCOCC1.O=C1NCc2ccccc21. The summed E-state index contributed by atoms with van der Waals surface area (Å²) in [5, 5.41) is 2.75. The van der Waals surface area contributed by atoms with Crippen LogP contribution in [-0.4, -0.2) is 37.1 Å². The Morgan fingerprint density at radius 1 is 1.10 bits per heavy atom. The number of amides is 1. The third kappa shape index (κ3) is 5.33. The average molecular weight is 410 g/mol. The molecule has 2 aliphatic rings. The van der Waals surface area contributed by atoms with E-state index in [1.54, 1.807) is 6.92 Å². The molecule has 2 heterocycles. The van der Waals surface area contributed by atoms with Gasteiger partial charge in [0, 0.05) is 31.2 Å². The standard InChI is InChI=1S/C13H15F4NO.C8H7NO/c1-9(18-2-4-19-5-3-18)10-6-11(13(15,16)17)8-12(14)7-10;10-8-7-4-2-1-3-6(7)5-9-8/h6-9H,2-5H2,1H3;1-4H,5H2,(H,9,10). The summed E-state index contributed by atoms with van der Waals surface area (Å²) in [4.78, 5) is 12.9. The van der Waals surface area contributed by atoms with Gasteiger partial charge in [0.2, 0.25) is 0 Å². The first-order chi connectivity index (χ1) is 13.8. The third-order valence-electron chi connectivity index (χ3n) is 5.02. The van der Waals surface area contributed by atoms with Gasteiger partial charge in [0.1, 0.15) is 5.82 Å². The van der Waals surface area contributed by atoms with E-state index in [2.05, 4.69) is 5.32 Å². The molecule has 2 aromatic rings. The highest BCUT2D eigenvalue weighted by atomic mass is 19.4. The zero-order valence-electron chi connectivity index (χ0n) is 15.9. The fourth-order valence-electron chi connectivity index (χ4n) is 3.36. The summed E-state index contributed by atoms with van der Waals surface area (Å²) in [6, 6.07) is 10.1. The van der Waals surface area contributed by atoms with E-state index in [-0.39, 0.29) is 11.9 Å². The van der Waals surface area contributed by atoms with Crippen molar-refractivity contribution in [3.05, 3.63) is 70.5 Å². The molecule has 1 amide bonds. The summed E-state index contributed by atoms with van der Waals surface area (Å²) >= 11 is 0. The molecule has 156 valence electrons. The molecule has 2 aromatic carbocycles. The first kappa shape index (κ1) is 21.3. The molecule has 8 heteroatoms. The van der Waals surface area contributed by atoms with Crippen molar-refractivity contribution >= 4 is 5.91 Å². The van der Waals surface area contributed by atoms with Crippen molar-refractivity contribution in [2.24, 2.45) is 0 Å². The molecule has 4 rings (SSSR count). The lowest BCUT2D eigenvalue weighted by Gasteiger charge is -2.32. The molecule has 0 spiro atoms. The highest BCUT2D eigenvalue weighted by Gasteiger charge is 2.32. The van der Waals surface area contributed by atoms with Crippen LogP contribution in [0.3, 0.4) is 0 Å². The number of carbonyl (C=O) groups is 1. The quantitative estimate of drug-likeness (QED) is 0.756. The minimum atomic E-state index is -4.53. The summed E-state index contributed by atoms with van der Waals surface area (Å²) in [7, 11) is 0. The molecule has 1 unspecified atom stereocenters. The summed E-state index contributed by atoms with van der Waals surface area (Å²) < 4.78 is 56.5. The van der Waals surface area contributed by atoms with Gasteiger partial charge in [-0.15, -0.1) is 0 Å². The summed E-state index contributed by atoms with van der Waals surface area (Å²) in [5.41, 5.74) is 1.33. The van der Waals surface area contributed by atoms with Crippen LogP contribution in [0.2, 0.25) is 0 Å². The number of hydrogen-bond donors (Lipinski definition) is 1. The molecular formula is C21H22F4N2O2. The second-order valence-corrected chi connectivity index (χ2v) is 6.94. The Labute approximate surface area is 166 Å². The van der Waals surface area contributed by atoms with E-state index in [1.807, 2.05) is 29.2 Å². The highest BCUT2D eigenvalue weighted by molar-refractivity contribution is 5.98. The normalized spacial score (nSPS) is 17.8. The molecule has 1 fully saturated rings. The molecular weight excluding hydrogens is 388 g/mol. The van der Waals surface area contributed by atoms with Crippen molar-refractivity contribution < 1.29 is 27.1 Å². The maximum absolute atomic E-state index is 13.3.